The van der Waals surface area contributed by atoms with E-state index in [4.69, 9.17) is 9.15 Å². The minimum Gasteiger partial charge on any atom is -0.467 e. The largest absolute Gasteiger partial charge is 0.467 e. The second-order valence-electron chi connectivity index (χ2n) is 9.52. The number of hydrogen-bond acceptors (Lipinski definition) is 4. The zero-order valence-electron chi connectivity index (χ0n) is 22.7. The predicted molar refractivity (Wildman–Crippen MR) is 152 cm³/mol. The number of halogens is 1. The van der Waals surface area contributed by atoms with Gasteiger partial charge in [0, 0.05) is 26.3 Å². The summed E-state index contributed by atoms with van der Waals surface area (Å²) in [6.45, 7) is 3.73. The van der Waals surface area contributed by atoms with Gasteiger partial charge in [0.15, 0.2) is 0 Å². The number of rotatable bonds is 14. The smallest absolute Gasteiger partial charge is 0.242 e. The number of benzene rings is 3. The van der Waals surface area contributed by atoms with Crippen molar-refractivity contribution < 1.29 is 23.1 Å². The van der Waals surface area contributed by atoms with E-state index in [0.29, 0.717) is 31.9 Å². The summed E-state index contributed by atoms with van der Waals surface area (Å²) in [7, 11) is 0. The second kappa shape index (κ2) is 14.8. The van der Waals surface area contributed by atoms with Crippen LogP contribution in [0.3, 0.4) is 0 Å². The van der Waals surface area contributed by atoms with Crippen LogP contribution < -0.4 is 0 Å². The Hall–Kier alpha value is -4.23. The van der Waals surface area contributed by atoms with Crippen molar-refractivity contribution in [1.29, 1.82) is 0 Å². The minimum absolute atomic E-state index is 0.108. The average molecular weight is 543 g/mol. The third kappa shape index (κ3) is 8.13. The molecule has 1 heterocycles. The summed E-state index contributed by atoms with van der Waals surface area (Å²) < 4.78 is 24.6. The molecule has 4 aromatic rings. The van der Waals surface area contributed by atoms with E-state index in [1.54, 1.807) is 40.3 Å². The molecule has 0 spiro atoms. The van der Waals surface area contributed by atoms with Gasteiger partial charge < -0.3 is 19.0 Å². The van der Waals surface area contributed by atoms with Crippen LogP contribution in [-0.4, -0.2) is 47.9 Å². The Morgan fingerprint density at radius 3 is 2.05 bits per heavy atom. The highest BCUT2D eigenvalue weighted by molar-refractivity contribution is 5.91. The molecule has 0 N–H and O–H groups in total. The van der Waals surface area contributed by atoms with Crippen molar-refractivity contribution in [2.45, 2.75) is 32.4 Å². The van der Waals surface area contributed by atoms with Gasteiger partial charge in [-0.25, -0.2) is 4.39 Å². The molecule has 0 saturated heterocycles. The molecule has 0 aliphatic rings. The van der Waals surface area contributed by atoms with Crippen molar-refractivity contribution >= 4 is 11.8 Å². The number of carbonyl (C=O) groups excluding carboxylic acids is 2. The molecule has 3 aromatic carbocycles. The van der Waals surface area contributed by atoms with Gasteiger partial charge in [0.2, 0.25) is 11.8 Å². The normalized spacial score (nSPS) is 11.0. The first kappa shape index (κ1) is 28.8. The zero-order valence-corrected chi connectivity index (χ0v) is 22.7. The lowest BCUT2D eigenvalue weighted by atomic mass is 9.90. The quantitative estimate of drug-likeness (QED) is 0.183. The summed E-state index contributed by atoms with van der Waals surface area (Å²) in [6.07, 6.45) is 2.16. The third-order valence-corrected chi connectivity index (χ3v) is 6.64. The SMILES string of the molecule is CCOCCCN(CC(=O)N(Cc1ccc(F)cc1)Cc1ccco1)C(=O)C(c1ccccc1)c1ccccc1. The molecule has 0 unspecified atom stereocenters. The molecule has 40 heavy (non-hydrogen) atoms. The van der Waals surface area contributed by atoms with Gasteiger partial charge in [0.1, 0.15) is 11.6 Å². The van der Waals surface area contributed by atoms with E-state index >= 15 is 0 Å². The zero-order chi connectivity index (χ0) is 28.2. The van der Waals surface area contributed by atoms with Crippen LogP contribution in [0.5, 0.6) is 0 Å². The summed E-state index contributed by atoms with van der Waals surface area (Å²) in [5.74, 6) is -0.659. The van der Waals surface area contributed by atoms with Gasteiger partial charge in [-0.3, -0.25) is 9.59 Å². The van der Waals surface area contributed by atoms with Crippen molar-refractivity contribution in [1.82, 2.24) is 9.80 Å². The Kier molecular flexibility index (Phi) is 10.6. The lowest BCUT2D eigenvalue weighted by Crippen LogP contribution is -2.45. The first-order valence-electron chi connectivity index (χ1n) is 13.6. The van der Waals surface area contributed by atoms with Crippen LogP contribution in [0.25, 0.3) is 0 Å². The minimum atomic E-state index is -0.557. The number of nitrogens with zero attached hydrogens (tertiary/aromatic N) is 2. The monoisotopic (exact) mass is 542 g/mol. The molecule has 0 saturated carbocycles. The maximum atomic E-state index is 14.2. The van der Waals surface area contributed by atoms with Gasteiger partial charge >= 0.3 is 0 Å². The second-order valence-corrected chi connectivity index (χ2v) is 9.52. The van der Waals surface area contributed by atoms with Gasteiger partial charge in [-0.05, 0) is 54.3 Å². The molecule has 2 amide bonds. The van der Waals surface area contributed by atoms with Gasteiger partial charge in [-0.1, -0.05) is 72.8 Å². The Balaban J connectivity index is 1.61. The van der Waals surface area contributed by atoms with E-state index in [2.05, 4.69) is 0 Å². The molecule has 1 aromatic heterocycles. The summed E-state index contributed by atoms with van der Waals surface area (Å²) in [4.78, 5) is 31.3. The highest BCUT2D eigenvalue weighted by atomic mass is 19.1. The van der Waals surface area contributed by atoms with Crippen molar-refractivity contribution in [3.05, 3.63) is 132 Å². The third-order valence-electron chi connectivity index (χ3n) is 6.64. The molecule has 7 heteroatoms. The van der Waals surface area contributed by atoms with Crippen molar-refractivity contribution in [2.24, 2.45) is 0 Å². The Bertz CT molecular complexity index is 1270. The lowest BCUT2D eigenvalue weighted by molar-refractivity contribution is -0.142. The van der Waals surface area contributed by atoms with E-state index in [-0.39, 0.29) is 37.3 Å². The molecule has 6 nitrogen and oxygen atoms in total. The number of furan rings is 1. The van der Waals surface area contributed by atoms with Crippen LogP contribution in [-0.2, 0) is 27.4 Å². The van der Waals surface area contributed by atoms with Gasteiger partial charge in [0.05, 0.1) is 25.3 Å². The van der Waals surface area contributed by atoms with Crippen LogP contribution in [0.15, 0.2) is 108 Å². The maximum absolute atomic E-state index is 14.2. The Labute approximate surface area is 235 Å². The number of carbonyl (C=O) groups is 2. The molecule has 4 rings (SSSR count). The first-order chi connectivity index (χ1) is 19.5. The fourth-order valence-electron chi connectivity index (χ4n) is 4.62. The molecule has 0 bridgehead atoms. The van der Waals surface area contributed by atoms with E-state index in [1.807, 2.05) is 67.6 Å². The number of hydrogen-bond donors (Lipinski definition) is 0. The lowest BCUT2D eigenvalue weighted by Gasteiger charge is -2.30. The number of amides is 2. The fraction of sp³-hybridized carbons (Fsp3) is 0.273. The van der Waals surface area contributed by atoms with Crippen LogP contribution in [0, 0.1) is 5.82 Å². The summed E-state index contributed by atoms with van der Waals surface area (Å²) in [6, 6.07) is 28.9. The molecule has 0 radical (unpaired) electrons. The van der Waals surface area contributed by atoms with Crippen LogP contribution in [0.4, 0.5) is 4.39 Å². The van der Waals surface area contributed by atoms with Crippen molar-refractivity contribution in [3.8, 4) is 0 Å². The van der Waals surface area contributed by atoms with Crippen molar-refractivity contribution in [3.63, 3.8) is 0 Å². The maximum Gasteiger partial charge on any atom is 0.242 e. The topological polar surface area (TPSA) is 63.0 Å². The van der Waals surface area contributed by atoms with Crippen LogP contribution >= 0.6 is 0 Å². The summed E-state index contributed by atoms with van der Waals surface area (Å²) >= 11 is 0. The molecule has 0 aliphatic heterocycles. The Morgan fingerprint density at radius 1 is 0.825 bits per heavy atom. The molecule has 0 atom stereocenters. The molecule has 0 aliphatic carbocycles. The summed E-state index contributed by atoms with van der Waals surface area (Å²) in [5.41, 5.74) is 2.50. The van der Waals surface area contributed by atoms with Gasteiger partial charge in [-0.2, -0.15) is 0 Å². The van der Waals surface area contributed by atoms with E-state index in [1.165, 1.54) is 12.1 Å². The van der Waals surface area contributed by atoms with Crippen LogP contribution in [0.2, 0.25) is 0 Å². The van der Waals surface area contributed by atoms with E-state index in [9.17, 15) is 14.0 Å². The molecule has 0 fully saturated rings. The van der Waals surface area contributed by atoms with E-state index < -0.39 is 5.92 Å². The summed E-state index contributed by atoms with van der Waals surface area (Å²) in [5, 5.41) is 0. The van der Waals surface area contributed by atoms with Gasteiger partial charge in [-0.15, -0.1) is 0 Å². The van der Waals surface area contributed by atoms with Gasteiger partial charge in [0.25, 0.3) is 0 Å². The molecular formula is C33H35FN2O4. The molecular weight excluding hydrogens is 507 g/mol. The highest BCUT2D eigenvalue weighted by Crippen LogP contribution is 2.27. The van der Waals surface area contributed by atoms with Crippen molar-refractivity contribution in [2.75, 3.05) is 26.3 Å². The fourth-order valence-corrected chi connectivity index (χ4v) is 4.62. The first-order valence-corrected chi connectivity index (χ1v) is 13.6. The van der Waals surface area contributed by atoms with E-state index in [0.717, 1.165) is 16.7 Å². The standard InChI is InChI=1S/C33H35FN2O4/c1-2-39-21-10-20-35(33(38)32(27-11-5-3-6-12-27)28-13-7-4-8-14-28)25-31(37)36(24-30-15-9-22-40-30)23-26-16-18-29(34)19-17-26/h3-9,11-19,22,32H,2,10,20-21,23-25H2,1H3. The Morgan fingerprint density at radius 2 is 1.48 bits per heavy atom. The predicted octanol–water partition coefficient (Wildman–Crippen LogP) is 6.03. The number of ether oxygens (including phenoxy) is 1. The average Bonchev–Trinajstić information content (AvgIpc) is 3.50. The molecule has 208 valence electrons. The highest BCUT2D eigenvalue weighted by Gasteiger charge is 2.30. The van der Waals surface area contributed by atoms with Crippen LogP contribution in [0.1, 0.15) is 41.7 Å².